The number of aliphatic hydroxyl groups excluding tert-OH is 1. The SMILES string of the molecule is O=C(NCc1ccn(-c2ccc(F)cc2)n1)NCC1CCCC(O)C1. The molecule has 0 aliphatic heterocycles. The average Bonchev–Trinajstić information content (AvgIpc) is 3.08. The molecule has 1 fully saturated rings. The van der Waals surface area contributed by atoms with E-state index in [1.165, 1.54) is 12.1 Å². The number of hydrogen-bond donors (Lipinski definition) is 3. The van der Waals surface area contributed by atoms with Crippen molar-refractivity contribution in [1.82, 2.24) is 20.4 Å². The zero-order chi connectivity index (χ0) is 17.6. The van der Waals surface area contributed by atoms with Gasteiger partial charge in [0.15, 0.2) is 0 Å². The van der Waals surface area contributed by atoms with Gasteiger partial charge in [0.05, 0.1) is 24.0 Å². The Morgan fingerprint density at radius 1 is 1.24 bits per heavy atom. The topological polar surface area (TPSA) is 79.2 Å². The molecule has 3 rings (SSSR count). The summed E-state index contributed by atoms with van der Waals surface area (Å²) in [5, 5.41) is 19.6. The molecule has 25 heavy (non-hydrogen) atoms. The van der Waals surface area contributed by atoms with E-state index in [4.69, 9.17) is 0 Å². The molecule has 3 N–H and O–H groups in total. The second-order valence-electron chi connectivity index (χ2n) is 6.48. The number of hydrogen-bond acceptors (Lipinski definition) is 3. The molecule has 0 bridgehead atoms. The summed E-state index contributed by atoms with van der Waals surface area (Å²) in [6.07, 6.45) is 5.20. The van der Waals surface area contributed by atoms with Crippen LogP contribution in [0.2, 0.25) is 0 Å². The van der Waals surface area contributed by atoms with Gasteiger partial charge in [-0.2, -0.15) is 5.10 Å². The van der Waals surface area contributed by atoms with Gasteiger partial charge in [-0.1, -0.05) is 6.42 Å². The molecule has 2 amide bonds. The molecule has 1 aromatic carbocycles. The van der Waals surface area contributed by atoms with Crippen molar-refractivity contribution in [1.29, 1.82) is 0 Å². The van der Waals surface area contributed by atoms with Crippen LogP contribution in [0.4, 0.5) is 9.18 Å². The van der Waals surface area contributed by atoms with E-state index in [-0.39, 0.29) is 18.0 Å². The van der Waals surface area contributed by atoms with Gasteiger partial charge in [0.2, 0.25) is 0 Å². The second kappa shape index (κ2) is 8.11. The smallest absolute Gasteiger partial charge is 0.315 e. The zero-order valence-electron chi connectivity index (χ0n) is 14.0. The van der Waals surface area contributed by atoms with Crippen molar-refractivity contribution in [3.63, 3.8) is 0 Å². The first-order valence-electron chi connectivity index (χ1n) is 8.60. The number of nitrogens with one attached hydrogen (secondary N) is 2. The second-order valence-corrected chi connectivity index (χ2v) is 6.48. The molecule has 0 spiro atoms. The van der Waals surface area contributed by atoms with Crippen LogP contribution in [-0.4, -0.2) is 33.6 Å². The van der Waals surface area contributed by atoms with Crippen LogP contribution in [0, 0.1) is 11.7 Å². The van der Waals surface area contributed by atoms with Crippen LogP contribution >= 0.6 is 0 Å². The number of amides is 2. The van der Waals surface area contributed by atoms with Crippen molar-refractivity contribution < 1.29 is 14.3 Å². The Kier molecular flexibility index (Phi) is 5.65. The third-order valence-corrected chi connectivity index (χ3v) is 4.47. The first kappa shape index (κ1) is 17.4. The van der Waals surface area contributed by atoms with Crippen molar-refractivity contribution in [3.05, 3.63) is 48.0 Å². The van der Waals surface area contributed by atoms with Crippen LogP contribution in [0.3, 0.4) is 0 Å². The summed E-state index contributed by atoms with van der Waals surface area (Å²) in [5.41, 5.74) is 1.47. The molecule has 2 aromatic rings. The lowest BCUT2D eigenvalue weighted by Crippen LogP contribution is -2.39. The average molecular weight is 346 g/mol. The van der Waals surface area contributed by atoms with Crippen molar-refractivity contribution in [2.45, 2.75) is 38.3 Å². The minimum absolute atomic E-state index is 0.237. The van der Waals surface area contributed by atoms with E-state index in [2.05, 4.69) is 15.7 Å². The standard InChI is InChI=1S/C18H23FN4O2/c19-14-4-6-16(7-5-14)23-9-8-15(22-23)12-21-18(25)20-11-13-2-1-3-17(24)10-13/h4-9,13,17,24H,1-3,10-12H2,(H2,20,21,25). The molecule has 2 atom stereocenters. The number of urea groups is 1. The normalized spacial score (nSPS) is 20.2. The maximum Gasteiger partial charge on any atom is 0.315 e. The Morgan fingerprint density at radius 3 is 2.80 bits per heavy atom. The third kappa shape index (κ3) is 5.03. The van der Waals surface area contributed by atoms with Crippen molar-refractivity contribution in [2.75, 3.05) is 6.54 Å². The lowest BCUT2D eigenvalue weighted by atomic mass is 9.87. The van der Waals surface area contributed by atoms with E-state index in [9.17, 15) is 14.3 Å². The van der Waals surface area contributed by atoms with Gasteiger partial charge in [-0.3, -0.25) is 0 Å². The minimum atomic E-state index is -0.292. The first-order chi connectivity index (χ1) is 12.1. The monoisotopic (exact) mass is 346 g/mol. The summed E-state index contributed by atoms with van der Waals surface area (Å²) in [5.74, 6) is 0.0483. The lowest BCUT2D eigenvalue weighted by Gasteiger charge is -2.25. The fraction of sp³-hybridized carbons (Fsp3) is 0.444. The quantitative estimate of drug-likeness (QED) is 0.778. The highest BCUT2D eigenvalue weighted by molar-refractivity contribution is 5.73. The molecule has 6 nitrogen and oxygen atoms in total. The number of carbonyl (C=O) groups is 1. The zero-order valence-corrected chi connectivity index (χ0v) is 14.0. The summed E-state index contributed by atoms with van der Waals surface area (Å²) in [4.78, 5) is 11.9. The third-order valence-electron chi connectivity index (χ3n) is 4.47. The highest BCUT2D eigenvalue weighted by Gasteiger charge is 2.20. The first-order valence-corrected chi connectivity index (χ1v) is 8.60. The molecule has 1 heterocycles. The number of benzene rings is 1. The predicted octanol–water partition coefficient (Wildman–Crippen LogP) is 2.36. The predicted molar refractivity (Wildman–Crippen MR) is 91.7 cm³/mol. The Morgan fingerprint density at radius 2 is 2.04 bits per heavy atom. The van der Waals surface area contributed by atoms with Crippen molar-refractivity contribution in [3.8, 4) is 5.69 Å². The van der Waals surface area contributed by atoms with Crippen molar-refractivity contribution in [2.24, 2.45) is 5.92 Å². The number of rotatable bonds is 5. The molecule has 134 valence electrons. The Labute approximate surface area is 146 Å². The van der Waals surface area contributed by atoms with Gasteiger partial charge in [0.1, 0.15) is 5.82 Å². The maximum atomic E-state index is 12.9. The van der Waals surface area contributed by atoms with E-state index >= 15 is 0 Å². The Bertz CT molecular complexity index is 701. The lowest BCUT2D eigenvalue weighted by molar-refractivity contribution is 0.101. The van der Waals surface area contributed by atoms with E-state index in [1.54, 1.807) is 29.1 Å². The highest BCUT2D eigenvalue weighted by atomic mass is 19.1. The summed E-state index contributed by atoms with van der Waals surface area (Å²) < 4.78 is 14.6. The van der Waals surface area contributed by atoms with Crippen molar-refractivity contribution >= 4 is 6.03 Å². The highest BCUT2D eigenvalue weighted by Crippen LogP contribution is 2.23. The van der Waals surface area contributed by atoms with Gasteiger partial charge < -0.3 is 15.7 Å². The summed E-state index contributed by atoms with van der Waals surface area (Å²) >= 11 is 0. The van der Waals surface area contributed by atoms with E-state index in [1.807, 2.05) is 0 Å². The minimum Gasteiger partial charge on any atom is -0.393 e. The van der Waals surface area contributed by atoms with Gasteiger partial charge >= 0.3 is 6.03 Å². The Balaban J connectivity index is 1.44. The van der Waals surface area contributed by atoms with E-state index < -0.39 is 0 Å². The summed E-state index contributed by atoms with van der Waals surface area (Å²) in [6, 6.07) is 7.61. The maximum absolute atomic E-state index is 12.9. The number of nitrogens with zero attached hydrogens (tertiary/aromatic N) is 2. The molecular weight excluding hydrogens is 323 g/mol. The summed E-state index contributed by atoms with van der Waals surface area (Å²) in [6.45, 7) is 0.889. The fourth-order valence-electron chi connectivity index (χ4n) is 3.11. The molecule has 1 aliphatic rings. The van der Waals surface area contributed by atoms with Crippen LogP contribution in [0.1, 0.15) is 31.4 Å². The van der Waals surface area contributed by atoms with Gasteiger partial charge in [-0.15, -0.1) is 0 Å². The van der Waals surface area contributed by atoms with Crippen LogP contribution in [0.25, 0.3) is 5.69 Å². The number of aliphatic hydroxyl groups is 1. The largest absolute Gasteiger partial charge is 0.393 e. The number of carbonyl (C=O) groups excluding carboxylic acids is 1. The molecule has 7 heteroatoms. The van der Waals surface area contributed by atoms with Gasteiger partial charge in [-0.05, 0) is 55.5 Å². The number of aromatic nitrogens is 2. The molecule has 1 aliphatic carbocycles. The molecule has 1 saturated carbocycles. The van der Waals surface area contributed by atoms with Crippen LogP contribution in [-0.2, 0) is 6.54 Å². The molecular formula is C18H23FN4O2. The van der Waals surface area contributed by atoms with E-state index in [0.717, 1.165) is 31.4 Å². The van der Waals surface area contributed by atoms with Gasteiger partial charge in [0, 0.05) is 12.7 Å². The summed E-state index contributed by atoms with van der Waals surface area (Å²) in [7, 11) is 0. The van der Waals surface area contributed by atoms with Crippen LogP contribution < -0.4 is 10.6 Å². The van der Waals surface area contributed by atoms with E-state index in [0.29, 0.717) is 24.7 Å². The molecule has 0 saturated heterocycles. The van der Waals surface area contributed by atoms with Gasteiger partial charge in [-0.25, -0.2) is 13.9 Å². The van der Waals surface area contributed by atoms with Gasteiger partial charge in [0.25, 0.3) is 0 Å². The molecule has 1 aromatic heterocycles. The van der Waals surface area contributed by atoms with Crippen LogP contribution in [0.5, 0.6) is 0 Å². The van der Waals surface area contributed by atoms with Crippen LogP contribution in [0.15, 0.2) is 36.5 Å². The molecule has 0 radical (unpaired) electrons. The fourth-order valence-corrected chi connectivity index (χ4v) is 3.11. The molecule has 2 unspecified atom stereocenters. The number of halogens is 1. The Hall–Kier alpha value is -2.41.